The quantitative estimate of drug-likeness (QED) is 0.874. The van der Waals surface area contributed by atoms with Crippen molar-refractivity contribution in [2.45, 2.75) is 25.5 Å². The molecule has 0 spiro atoms. The Morgan fingerprint density at radius 1 is 1.43 bits per heavy atom. The lowest BCUT2D eigenvalue weighted by Crippen LogP contribution is -2.37. The van der Waals surface area contributed by atoms with Crippen molar-refractivity contribution >= 4 is 17.6 Å². The summed E-state index contributed by atoms with van der Waals surface area (Å²) in [5.41, 5.74) is 0.992. The second kappa shape index (κ2) is 7.64. The highest BCUT2D eigenvalue weighted by molar-refractivity contribution is 6.31. The van der Waals surface area contributed by atoms with Gasteiger partial charge in [0.25, 0.3) is 0 Å². The molecule has 1 aliphatic rings. The molecule has 0 amide bonds. The third-order valence-corrected chi connectivity index (χ3v) is 4.01. The monoisotopic (exact) mass is 313 g/mol. The van der Waals surface area contributed by atoms with Crippen molar-refractivity contribution in [3.05, 3.63) is 28.8 Å². The van der Waals surface area contributed by atoms with E-state index in [0.29, 0.717) is 5.02 Å². The van der Waals surface area contributed by atoms with E-state index in [9.17, 15) is 4.79 Å². The smallest absolute Gasteiger partial charge is 0.329 e. The Labute approximate surface area is 129 Å². The molecule has 0 radical (unpaired) electrons. The molecule has 116 valence electrons. The van der Waals surface area contributed by atoms with E-state index in [-0.39, 0.29) is 12.7 Å². The topological polar surface area (TPSA) is 59.0 Å². The Balaban J connectivity index is 1.88. The number of piperidine rings is 1. The van der Waals surface area contributed by atoms with E-state index < -0.39 is 5.97 Å². The van der Waals surface area contributed by atoms with Gasteiger partial charge in [-0.25, -0.2) is 4.79 Å². The van der Waals surface area contributed by atoms with Crippen LogP contribution in [0, 0.1) is 0 Å². The first-order valence-electron chi connectivity index (χ1n) is 6.97. The standard InChI is InChI=1S/C15H20ClNO4/c1-20-14-4-2-3-13(16)12(14)9-17-7-5-11(6-8-17)21-10-15(18)19/h2-4,11H,5-10H2,1H3,(H,18,19). The van der Waals surface area contributed by atoms with Crippen molar-refractivity contribution in [3.63, 3.8) is 0 Å². The molecule has 1 aliphatic heterocycles. The lowest BCUT2D eigenvalue weighted by atomic mass is 10.1. The van der Waals surface area contributed by atoms with Crippen LogP contribution in [-0.4, -0.2) is 48.9 Å². The van der Waals surface area contributed by atoms with Crippen LogP contribution in [0.3, 0.4) is 0 Å². The average molecular weight is 314 g/mol. The summed E-state index contributed by atoms with van der Waals surface area (Å²) in [6, 6.07) is 5.64. The van der Waals surface area contributed by atoms with Crippen molar-refractivity contribution in [2.75, 3.05) is 26.8 Å². The summed E-state index contributed by atoms with van der Waals surface area (Å²) in [7, 11) is 1.64. The first-order chi connectivity index (χ1) is 10.1. The van der Waals surface area contributed by atoms with Crippen molar-refractivity contribution < 1.29 is 19.4 Å². The van der Waals surface area contributed by atoms with Crippen LogP contribution < -0.4 is 4.74 Å². The summed E-state index contributed by atoms with van der Waals surface area (Å²) in [6.45, 7) is 2.23. The lowest BCUT2D eigenvalue weighted by molar-refractivity contribution is -0.145. The van der Waals surface area contributed by atoms with Gasteiger partial charge >= 0.3 is 5.97 Å². The van der Waals surface area contributed by atoms with Crippen molar-refractivity contribution in [3.8, 4) is 5.75 Å². The number of ether oxygens (including phenoxy) is 2. The summed E-state index contributed by atoms with van der Waals surface area (Å²) < 4.78 is 10.7. The van der Waals surface area contributed by atoms with Gasteiger partial charge in [-0.05, 0) is 25.0 Å². The van der Waals surface area contributed by atoms with E-state index in [0.717, 1.165) is 43.8 Å². The fraction of sp³-hybridized carbons (Fsp3) is 0.533. The second-order valence-corrected chi connectivity index (χ2v) is 5.51. The maximum Gasteiger partial charge on any atom is 0.329 e. The molecular formula is C15H20ClNO4. The van der Waals surface area contributed by atoms with Crippen LogP contribution >= 0.6 is 11.6 Å². The molecule has 0 aliphatic carbocycles. The van der Waals surface area contributed by atoms with Crippen molar-refractivity contribution in [1.29, 1.82) is 0 Å². The molecule has 5 nitrogen and oxygen atoms in total. The molecule has 0 unspecified atom stereocenters. The molecule has 0 atom stereocenters. The zero-order valence-electron chi connectivity index (χ0n) is 12.0. The summed E-state index contributed by atoms with van der Waals surface area (Å²) in [5, 5.41) is 9.32. The molecule has 0 saturated carbocycles. The first-order valence-corrected chi connectivity index (χ1v) is 7.35. The average Bonchev–Trinajstić information content (AvgIpc) is 2.48. The molecule has 0 aromatic heterocycles. The minimum absolute atomic E-state index is 0.0329. The highest BCUT2D eigenvalue weighted by Gasteiger charge is 2.22. The van der Waals surface area contributed by atoms with Crippen molar-refractivity contribution in [1.82, 2.24) is 4.90 Å². The molecule has 1 saturated heterocycles. The van der Waals surface area contributed by atoms with Gasteiger partial charge in [0.15, 0.2) is 0 Å². The van der Waals surface area contributed by atoms with E-state index in [2.05, 4.69) is 4.90 Å². The lowest BCUT2D eigenvalue weighted by Gasteiger charge is -2.32. The van der Waals surface area contributed by atoms with Gasteiger partial charge < -0.3 is 14.6 Å². The van der Waals surface area contributed by atoms with Crippen LogP contribution in [0.5, 0.6) is 5.75 Å². The maximum absolute atomic E-state index is 10.5. The number of carbonyl (C=O) groups is 1. The van der Waals surface area contributed by atoms with Gasteiger partial charge in [-0.3, -0.25) is 4.90 Å². The zero-order chi connectivity index (χ0) is 15.2. The first kappa shape index (κ1) is 16.1. The van der Waals surface area contributed by atoms with Crippen LogP contribution in [0.4, 0.5) is 0 Å². The predicted molar refractivity (Wildman–Crippen MR) is 79.9 cm³/mol. The second-order valence-electron chi connectivity index (χ2n) is 5.10. The van der Waals surface area contributed by atoms with Gasteiger partial charge in [-0.15, -0.1) is 0 Å². The molecule has 1 aromatic carbocycles. The fourth-order valence-corrected chi connectivity index (χ4v) is 2.76. The Bertz CT molecular complexity index is 487. The van der Waals surface area contributed by atoms with E-state index in [4.69, 9.17) is 26.2 Å². The molecule has 2 rings (SSSR count). The number of likely N-dealkylation sites (tertiary alicyclic amines) is 1. The van der Waals surface area contributed by atoms with Crippen LogP contribution in [0.1, 0.15) is 18.4 Å². The Hall–Kier alpha value is -1.30. The minimum Gasteiger partial charge on any atom is -0.496 e. The van der Waals surface area contributed by atoms with Gasteiger partial charge in [0, 0.05) is 30.2 Å². The Kier molecular flexibility index (Phi) is 5.85. The Morgan fingerprint density at radius 2 is 2.14 bits per heavy atom. The van der Waals surface area contributed by atoms with Crippen LogP contribution in [0.25, 0.3) is 0 Å². The van der Waals surface area contributed by atoms with E-state index in [1.807, 2.05) is 18.2 Å². The highest BCUT2D eigenvalue weighted by atomic mass is 35.5. The Morgan fingerprint density at radius 3 is 2.76 bits per heavy atom. The highest BCUT2D eigenvalue weighted by Crippen LogP contribution is 2.28. The number of hydrogen-bond acceptors (Lipinski definition) is 4. The van der Waals surface area contributed by atoms with Gasteiger partial charge in [0.05, 0.1) is 13.2 Å². The van der Waals surface area contributed by atoms with E-state index >= 15 is 0 Å². The van der Waals surface area contributed by atoms with E-state index in [1.54, 1.807) is 7.11 Å². The zero-order valence-corrected chi connectivity index (χ0v) is 12.8. The van der Waals surface area contributed by atoms with Crippen LogP contribution in [-0.2, 0) is 16.1 Å². The van der Waals surface area contributed by atoms with Gasteiger partial charge in [-0.2, -0.15) is 0 Å². The minimum atomic E-state index is -0.918. The third kappa shape index (κ3) is 4.59. The van der Waals surface area contributed by atoms with Crippen LogP contribution in [0.2, 0.25) is 5.02 Å². The van der Waals surface area contributed by atoms with Gasteiger partial charge in [0.2, 0.25) is 0 Å². The van der Waals surface area contributed by atoms with Crippen molar-refractivity contribution in [2.24, 2.45) is 0 Å². The molecule has 0 bridgehead atoms. The molecule has 1 N–H and O–H groups in total. The van der Waals surface area contributed by atoms with E-state index in [1.165, 1.54) is 0 Å². The third-order valence-electron chi connectivity index (χ3n) is 3.65. The number of carboxylic acid groups (broad SMARTS) is 1. The number of halogens is 1. The molecule has 6 heteroatoms. The molecule has 1 fully saturated rings. The molecule has 21 heavy (non-hydrogen) atoms. The molecule has 1 heterocycles. The number of carboxylic acids is 1. The number of hydrogen-bond donors (Lipinski definition) is 1. The number of aliphatic carboxylic acids is 1. The molecular weight excluding hydrogens is 294 g/mol. The maximum atomic E-state index is 10.5. The largest absolute Gasteiger partial charge is 0.496 e. The summed E-state index contributed by atoms with van der Waals surface area (Å²) >= 11 is 6.24. The SMILES string of the molecule is COc1cccc(Cl)c1CN1CCC(OCC(=O)O)CC1. The predicted octanol–water partition coefficient (Wildman–Crippen LogP) is 2.41. The summed E-state index contributed by atoms with van der Waals surface area (Å²) in [5.74, 6) is -0.120. The van der Waals surface area contributed by atoms with Gasteiger partial charge in [-0.1, -0.05) is 17.7 Å². The normalized spacial score (nSPS) is 16.9. The number of nitrogens with zero attached hydrogens (tertiary/aromatic N) is 1. The van der Waals surface area contributed by atoms with Crippen LogP contribution in [0.15, 0.2) is 18.2 Å². The summed E-state index contributed by atoms with van der Waals surface area (Å²) in [4.78, 5) is 12.8. The fourth-order valence-electron chi connectivity index (χ4n) is 2.53. The number of benzene rings is 1. The summed E-state index contributed by atoms with van der Waals surface area (Å²) in [6.07, 6.45) is 1.70. The van der Waals surface area contributed by atoms with Gasteiger partial charge in [0.1, 0.15) is 12.4 Å². The number of rotatable bonds is 6. The molecule has 1 aromatic rings. The number of methoxy groups -OCH3 is 1.